The number of carbonyl (C=O) groups is 1. The van der Waals surface area contributed by atoms with Crippen LogP contribution in [0.1, 0.15) is 25.7 Å². The van der Waals surface area contributed by atoms with Crippen LogP contribution in [-0.4, -0.2) is 48.4 Å². The first-order chi connectivity index (χ1) is 13.1. The first-order valence-electron chi connectivity index (χ1n) is 9.15. The average molecular weight is 367 g/mol. The van der Waals surface area contributed by atoms with Gasteiger partial charge in [-0.25, -0.2) is 4.52 Å². The smallest absolute Gasteiger partial charge is 0.245 e. The summed E-state index contributed by atoms with van der Waals surface area (Å²) in [6.45, 7) is 5.32. The van der Waals surface area contributed by atoms with Gasteiger partial charge < -0.3 is 10.0 Å². The molecule has 0 atom stereocenters. The van der Waals surface area contributed by atoms with Crippen molar-refractivity contribution in [1.82, 2.24) is 24.3 Å². The van der Waals surface area contributed by atoms with Gasteiger partial charge in [0, 0.05) is 43.7 Å². The van der Waals surface area contributed by atoms with Crippen LogP contribution in [0.15, 0.2) is 49.6 Å². The van der Waals surface area contributed by atoms with Crippen LogP contribution in [0.2, 0.25) is 0 Å². The predicted molar refractivity (Wildman–Crippen MR) is 104 cm³/mol. The van der Waals surface area contributed by atoms with Gasteiger partial charge in [-0.05, 0) is 31.1 Å². The van der Waals surface area contributed by atoms with E-state index in [4.69, 9.17) is 0 Å². The van der Waals surface area contributed by atoms with Gasteiger partial charge in [0.1, 0.15) is 11.3 Å². The van der Waals surface area contributed by atoms with E-state index < -0.39 is 0 Å². The fourth-order valence-electron chi connectivity index (χ4n) is 3.16. The van der Waals surface area contributed by atoms with Crippen LogP contribution in [0.4, 0.5) is 0 Å². The van der Waals surface area contributed by atoms with Gasteiger partial charge in [-0.1, -0.05) is 19.4 Å². The molecule has 7 nitrogen and oxygen atoms in total. The Balaban J connectivity index is 0.000000168. The summed E-state index contributed by atoms with van der Waals surface area (Å²) in [7, 11) is 1.86. The summed E-state index contributed by atoms with van der Waals surface area (Å²) in [5.74, 6) is 0.311. The van der Waals surface area contributed by atoms with Crippen LogP contribution in [-0.2, 0) is 11.8 Å². The molecule has 0 unspecified atom stereocenters. The van der Waals surface area contributed by atoms with E-state index in [1.54, 1.807) is 33.7 Å². The van der Waals surface area contributed by atoms with Crippen LogP contribution in [0.5, 0.6) is 5.75 Å². The van der Waals surface area contributed by atoms with Crippen LogP contribution in [0.25, 0.3) is 16.6 Å². The molecule has 7 heteroatoms. The fourth-order valence-corrected chi connectivity index (χ4v) is 3.16. The standard InChI is InChI=1S/C11H10N4O.C9H15NO/c1-14-6-9(5-13-14)8-4-11(16)10-2-3-12-15(10)7-8;1-2-9(11)10-7-5-3-4-6-8-10/h2-7,16H,1H3;2H,1,3-8H2. The lowest BCUT2D eigenvalue weighted by Crippen LogP contribution is -2.29. The molecule has 0 bridgehead atoms. The maximum absolute atomic E-state index is 11.1. The van der Waals surface area contributed by atoms with Crippen molar-refractivity contribution < 1.29 is 9.90 Å². The van der Waals surface area contributed by atoms with Gasteiger partial charge in [0.2, 0.25) is 5.91 Å². The van der Waals surface area contributed by atoms with E-state index in [0.29, 0.717) is 5.52 Å². The van der Waals surface area contributed by atoms with Crippen molar-refractivity contribution in [2.24, 2.45) is 7.05 Å². The van der Waals surface area contributed by atoms with Gasteiger partial charge in [-0.15, -0.1) is 0 Å². The number of aryl methyl sites for hydroxylation is 1. The molecule has 4 rings (SSSR count). The number of carbonyl (C=O) groups excluding carboxylic acids is 1. The molecule has 27 heavy (non-hydrogen) atoms. The third-order valence-corrected chi connectivity index (χ3v) is 4.62. The number of likely N-dealkylation sites (tertiary alicyclic amines) is 1. The first kappa shape index (κ1) is 18.7. The predicted octanol–water partition coefficient (Wildman–Crippen LogP) is 3.02. The molecular weight excluding hydrogens is 342 g/mol. The maximum atomic E-state index is 11.1. The normalized spacial score (nSPS) is 14.3. The Hall–Kier alpha value is -3.09. The summed E-state index contributed by atoms with van der Waals surface area (Å²) in [6.07, 6.45) is 13.4. The highest BCUT2D eigenvalue weighted by atomic mass is 16.3. The monoisotopic (exact) mass is 367 g/mol. The largest absolute Gasteiger partial charge is 0.506 e. The molecule has 0 radical (unpaired) electrons. The number of hydrogen-bond acceptors (Lipinski definition) is 4. The molecule has 1 N–H and O–H groups in total. The van der Waals surface area contributed by atoms with Crippen molar-refractivity contribution in [3.8, 4) is 16.9 Å². The molecule has 4 heterocycles. The molecule has 1 fully saturated rings. The third kappa shape index (κ3) is 4.55. The van der Waals surface area contributed by atoms with Crippen molar-refractivity contribution in [2.45, 2.75) is 25.7 Å². The third-order valence-electron chi connectivity index (χ3n) is 4.62. The minimum Gasteiger partial charge on any atom is -0.506 e. The average Bonchev–Trinajstić information content (AvgIpc) is 3.23. The molecule has 3 aromatic heterocycles. The van der Waals surface area contributed by atoms with Crippen LogP contribution < -0.4 is 0 Å². The molecule has 1 saturated heterocycles. The second kappa shape index (κ2) is 8.53. The number of hydrogen-bond donors (Lipinski definition) is 1. The summed E-state index contributed by atoms with van der Waals surface area (Å²) < 4.78 is 3.37. The highest BCUT2D eigenvalue weighted by Gasteiger charge is 2.11. The van der Waals surface area contributed by atoms with Crippen LogP contribution >= 0.6 is 0 Å². The molecule has 0 spiro atoms. The molecule has 142 valence electrons. The molecule has 1 amide bonds. The van der Waals surface area contributed by atoms with Gasteiger partial charge in [-0.3, -0.25) is 9.48 Å². The van der Waals surface area contributed by atoms with E-state index in [9.17, 15) is 9.90 Å². The minimum absolute atomic E-state index is 0.0897. The van der Waals surface area contributed by atoms with E-state index in [2.05, 4.69) is 16.8 Å². The lowest BCUT2D eigenvalue weighted by atomic mass is 10.1. The Morgan fingerprint density at radius 1 is 1.15 bits per heavy atom. The van der Waals surface area contributed by atoms with Crippen molar-refractivity contribution in [3.63, 3.8) is 0 Å². The maximum Gasteiger partial charge on any atom is 0.245 e. The topological polar surface area (TPSA) is 75.7 Å². The second-order valence-corrected chi connectivity index (χ2v) is 6.62. The van der Waals surface area contributed by atoms with Gasteiger partial charge >= 0.3 is 0 Å². The van der Waals surface area contributed by atoms with E-state index in [1.807, 2.05) is 24.3 Å². The SMILES string of the molecule is C=CC(=O)N1CCCCCC1.Cn1cc(-c2cc(O)c3ccnn3c2)cn1. The highest BCUT2D eigenvalue weighted by Crippen LogP contribution is 2.26. The summed E-state index contributed by atoms with van der Waals surface area (Å²) in [6, 6.07) is 3.48. The Kier molecular flexibility index (Phi) is 5.90. The quantitative estimate of drug-likeness (QED) is 0.707. The summed E-state index contributed by atoms with van der Waals surface area (Å²) >= 11 is 0. The van der Waals surface area contributed by atoms with E-state index >= 15 is 0 Å². The molecular formula is C20H25N5O2. The van der Waals surface area contributed by atoms with Crippen molar-refractivity contribution >= 4 is 11.4 Å². The van der Waals surface area contributed by atoms with Crippen molar-refractivity contribution in [3.05, 3.63) is 49.6 Å². The Morgan fingerprint density at radius 3 is 2.52 bits per heavy atom. The Labute approximate surface area is 158 Å². The molecule has 1 aliphatic heterocycles. The number of aromatic hydroxyl groups is 1. The molecule has 3 aromatic rings. The Bertz CT molecular complexity index is 919. The highest BCUT2D eigenvalue weighted by molar-refractivity contribution is 5.86. The van der Waals surface area contributed by atoms with Gasteiger partial charge in [0.15, 0.2) is 0 Å². The number of fused-ring (bicyclic) bond motifs is 1. The lowest BCUT2D eigenvalue weighted by molar-refractivity contribution is -0.125. The zero-order valence-corrected chi connectivity index (χ0v) is 15.6. The van der Waals surface area contributed by atoms with E-state index in [-0.39, 0.29) is 11.7 Å². The van der Waals surface area contributed by atoms with Crippen LogP contribution in [0.3, 0.4) is 0 Å². The number of amides is 1. The van der Waals surface area contributed by atoms with Gasteiger partial charge in [0.25, 0.3) is 0 Å². The summed E-state index contributed by atoms with van der Waals surface area (Å²) in [5.41, 5.74) is 2.55. The van der Waals surface area contributed by atoms with Crippen LogP contribution in [0, 0.1) is 0 Å². The minimum atomic E-state index is 0.0897. The molecule has 0 aromatic carbocycles. The zero-order chi connectivity index (χ0) is 19.2. The zero-order valence-electron chi connectivity index (χ0n) is 15.6. The molecule has 0 aliphatic carbocycles. The Morgan fingerprint density at radius 2 is 1.89 bits per heavy atom. The number of rotatable bonds is 2. The first-order valence-corrected chi connectivity index (χ1v) is 9.15. The lowest BCUT2D eigenvalue weighted by Gasteiger charge is -2.17. The van der Waals surface area contributed by atoms with E-state index in [1.165, 1.54) is 18.9 Å². The summed E-state index contributed by atoms with van der Waals surface area (Å²) in [5, 5.41) is 18.0. The van der Waals surface area contributed by atoms with Gasteiger partial charge in [-0.2, -0.15) is 10.2 Å². The van der Waals surface area contributed by atoms with Crippen molar-refractivity contribution in [2.75, 3.05) is 13.1 Å². The second-order valence-electron chi connectivity index (χ2n) is 6.62. The number of pyridine rings is 1. The van der Waals surface area contributed by atoms with E-state index in [0.717, 1.165) is 37.1 Å². The fraction of sp³-hybridized carbons (Fsp3) is 0.350. The molecule has 1 aliphatic rings. The number of aromatic nitrogens is 4. The number of nitrogens with zero attached hydrogens (tertiary/aromatic N) is 5. The van der Waals surface area contributed by atoms with Crippen molar-refractivity contribution in [1.29, 1.82) is 0 Å². The summed E-state index contributed by atoms with van der Waals surface area (Å²) in [4.78, 5) is 13.0. The molecule has 0 saturated carbocycles. The van der Waals surface area contributed by atoms with Gasteiger partial charge in [0.05, 0.1) is 12.4 Å².